The molecule has 1 aromatic carbocycles. The lowest BCUT2D eigenvalue weighted by Crippen LogP contribution is -2.41. The fourth-order valence-corrected chi connectivity index (χ4v) is 3.48. The zero-order valence-electron chi connectivity index (χ0n) is 14.7. The Morgan fingerprint density at radius 1 is 1.28 bits per heavy atom. The number of ether oxygens (including phenoxy) is 1. The van der Waals surface area contributed by atoms with Gasteiger partial charge in [-0.05, 0) is 43.2 Å². The molecule has 1 heterocycles. The summed E-state index contributed by atoms with van der Waals surface area (Å²) in [6.45, 7) is 4.07. The molecule has 4 nitrogen and oxygen atoms in total. The SMILES string of the molecule is CC(OCCCNC(=O)N(Cc1cccs1)C1CC1)c1ccccc1. The average Bonchev–Trinajstić information content (AvgIpc) is 3.35. The number of nitrogens with zero attached hydrogens (tertiary/aromatic N) is 1. The maximum Gasteiger partial charge on any atom is 0.317 e. The maximum atomic E-state index is 12.4. The number of amides is 2. The van der Waals surface area contributed by atoms with Crippen molar-refractivity contribution in [3.05, 3.63) is 58.3 Å². The number of rotatable bonds is 9. The van der Waals surface area contributed by atoms with E-state index in [4.69, 9.17) is 4.74 Å². The second kappa shape index (κ2) is 9.02. The van der Waals surface area contributed by atoms with Crippen LogP contribution in [0.2, 0.25) is 0 Å². The van der Waals surface area contributed by atoms with Crippen LogP contribution in [0.5, 0.6) is 0 Å². The summed E-state index contributed by atoms with van der Waals surface area (Å²) in [7, 11) is 0. The van der Waals surface area contributed by atoms with Crippen molar-refractivity contribution in [2.45, 2.75) is 44.9 Å². The summed E-state index contributed by atoms with van der Waals surface area (Å²) < 4.78 is 5.85. The molecule has 1 aromatic heterocycles. The van der Waals surface area contributed by atoms with E-state index in [-0.39, 0.29) is 12.1 Å². The van der Waals surface area contributed by atoms with E-state index < -0.39 is 0 Å². The van der Waals surface area contributed by atoms with Crippen LogP contribution in [0.25, 0.3) is 0 Å². The molecule has 2 aromatic rings. The second-order valence-corrected chi connectivity index (χ2v) is 7.48. The van der Waals surface area contributed by atoms with Gasteiger partial charge in [0.2, 0.25) is 0 Å². The monoisotopic (exact) mass is 358 g/mol. The molecule has 0 aliphatic heterocycles. The predicted octanol–water partition coefficient (Wildman–Crippen LogP) is 4.59. The van der Waals surface area contributed by atoms with E-state index >= 15 is 0 Å². The summed E-state index contributed by atoms with van der Waals surface area (Å²) in [6.07, 6.45) is 3.15. The van der Waals surface area contributed by atoms with Gasteiger partial charge in [-0.1, -0.05) is 36.4 Å². The zero-order valence-corrected chi connectivity index (χ0v) is 15.5. The van der Waals surface area contributed by atoms with Crippen molar-refractivity contribution >= 4 is 17.4 Å². The first-order valence-corrected chi connectivity index (χ1v) is 9.85. The average molecular weight is 359 g/mol. The molecule has 1 aliphatic carbocycles. The molecule has 3 rings (SSSR count). The van der Waals surface area contributed by atoms with Gasteiger partial charge in [-0.15, -0.1) is 11.3 Å². The van der Waals surface area contributed by atoms with Gasteiger partial charge < -0.3 is 15.0 Å². The lowest BCUT2D eigenvalue weighted by molar-refractivity contribution is 0.0641. The smallest absolute Gasteiger partial charge is 0.317 e. The van der Waals surface area contributed by atoms with Crippen molar-refractivity contribution < 1.29 is 9.53 Å². The summed E-state index contributed by atoms with van der Waals surface area (Å²) >= 11 is 1.71. The number of hydrogen-bond acceptors (Lipinski definition) is 3. The van der Waals surface area contributed by atoms with Crippen LogP contribution in [0.15, 0.2) is 47.8 Å². The van der Waals surface area contributed by atoms with Gasteiger partial charge in [0.05, 0.1) is 12.6 Å². The van der Waals surface area contributed by atoms with Gasteiger partial charge in [-0.3, -0.25) is 0 Å². The van der Waals surface area contributed by atoms with E-state index in [2.05, 4.69) is 35.8 Å². The van der Waals surface area contributed by atoms with E-state index in [0.29, 0.717) is 19.2 Å². The fourth-order valence-electron chi connectivity index (χ4n) is 2.77. The van der Waals surface area contributed by atoms with Crippen molar-refractivity contribution in [3.8, 4) is 0 Å². The number of hydrogen-bond donors (Lipinski definition) is 1. The van der Waals surface area contributed by atoms with Crippen LogP contribution in [-0.2, 0) is 11.3 Å². The highest BCUT2D eigenvalue weighted by molar-refractivity contribution is 7.09. The molecule has 1 atom stereocenters. The zero-order chi connectivity index (χ0) is 17.5. The van der Waals surface area contributed by atoms with Crippen LogP contribution < -0.4 is 5.32 Å². The van der Waals surface area contributed by atoms with Gasteiger partial charge in [0.25, 0.3) is 0 Å². The van der Waals surface area contributed by atoms with Crippen LogP contribution in [0.1, 0.15) is 42.7 Å². The molecule has 0 spiro atoms. The van der Waals surface area contributed by atoms with Crippen molar-refractivity contribution in [1.82, 2.24) is 10.2 Å². The Hall–Kier alpha value is -1.85. The van der Waals surface area contributed by atoms with Gasteiger partial charge in [0.15, 0.2) is 0 Å². The maximum absolute atomic E-state index is 12.4. The van der Waals surface area contributed by atoms with Crippen molar-refractivity contribution in [1.29, 1.82) is 0 Å². The third-order valence-electron chi connectivity index (χ3n) is 4.39. The van der Waals surface area contributed by atoms with Crippen LogP contribution in [-0.4, -0.2) is 30.1 Å². The van der Waals surface area contributed by atoms with E-state index in [9.17, 15) is 4.79 Å². The van der Waals surface area contributed by atoms with Gasteiger partial charge in [-0.2, -0.15) is 0 Å². The topological polar surface area (TPSA) is 41.6 Å². The number of carbonyl (C=O) groups excluding carboxylic acids is 1. The molecular weight excluding hydrogens is 332 g/mol. The van der Waals surface area contributed by atoms with Crippen molar-refractivity contribution in [3.63, 3.8) is 0 Å². The Bertz CT molecular complexity index is 641. The molecule has 0 saturated heterocycles. The molecule has 0 radical (unpaired) electrons. The van der Waals surface area contributed by atoms with Crippen molar-refractivity contribution in [2.75, 3.05) is 13.2 Å². The minimum Gasteiger partial charge on any atom is -0.374 e. The molecule has 5 heteroatoms. The molecule has 0 bridgehead atoms. The lowest BCUT2D eigenvalue weighted by Gasteiger charge is -2.22. The fraction of sp³-hybridized carbons (Fsp3) is 0.450. The first-order chi connectivity index (χ1) is 12.2. The Balaban J connectivity index is 1.35. The molecule has 1 saturated carbocycles. The molecule has 1 fully saturated rings. The predicted molar refractivity (Wildman–Crippen MR) is 102 cm³/mol. The largest absolute Gasteiger partial charge is 0.374 e. The van der Waals surface area contributed by atoms with Gasteiger partial charge in [-0.25, -0.2) is 4.79 Å². The van der Waals surface area contributed by atoms with Crippen molar-refractivity contribution in [2.24, 2.45) is 0 Å². The third-order valence-corrected chi connectivity index (χ3v) is 5.25. The first-order valence-electron chi connectivity index (χ1n) is 8.97. The lowest BCUT2D eigenvalue weighted by atomic mass is 10.1. The van der Waals surface area contributed by atoms with Gasteiger partial charge in [0, 0.05) is 24.1 Å². The van der Waals surface area contributed by atoms with Crippen LogP contribution in [0.4, 0.5) is 4.79 Å². The molecule has 25 heavy (non-hydrogen) atoms. The Labute approximate surface area is 153 Å². The van der Waals surface area contributed by atoms with E-state index in [1.54, 1.807) is 11.3 Å². The number of thiophene rings is 1. The third kappa shape index (κ3) is 5.58. The van der Waals surface area contributed by atoms with Gasteiger partial charge in [0.1, 0.15) is 0 Å². The van der Waals surface area contributed by atoms with Crippen LogP contribution >= 0.6 is 11.3 Å². The molecule has 1 unspecified atom stereocenters. The Morgan fingerprint density at radius 2 is 2.08 bits per heavy atom. The standard InChI is InChI=1S/C20H26N2O2S/c1-16(17-7-3-2-4-8-17)24-13-6-12-21-20(23)22(18-10-11-18)15-19-9-5-14-25-19/h2-5,7-9,14,16,18H,6,10-13,15H2,1H3,(H,21,23). The highest BCUT2D eigenvalue weighted by Gasteiger charge is 2.32. The van der Waals surface area contributed by atoms with E-state index in [1.165, 1.54) is 10.4 Å². The summed E-state index contributed by atoms with van der Waals surface area (Å²) in [5, 5.41) is 5.10. The minimum absolute atomic E-state index is 0.0482. The summed E-state index contributed by atoms with van der Waals surface area (Å²) in [5.41, 5.74) is 1.18. The van der Waals surface area contributed by atoms with E-state index in [0.717, 1.165) is 25.8 Å². The second-order valence-electron chi connectivity index (χ2n) is 6.45. The molecule has 2 amide bonds. The normalized spacial score (nSPS) is 14.9. The van der Waals surface area contributed by atoms with Crippen LogP contribution in [0.3, 0.4) is 0 Å². The summed E-state index contributed by atoms with van der Waals surface area (Å²) in [4.78, 5) is 15.7. The number of benzene rings is 1. The Kier molecular flexibility index (Phi) is 6.48. The molecule has 1 aliphatic rings. The van der Waals surface area contributed by atoms with Gasteiger partial charge >= 0.3 is 6.03 Å². The summed E-state index contributed by atoms with van der Waals surface area (Å²) in [6, 6.07) is 14.8. The summed E-state index contributed by atoms with van der Waals surface area (Å²) in [5.74, 6) is 0. The number of carbonyl (C=O) groups is 1. The highest BCUT2D eigenvalue weighted by Crippen LogP contribution is 2.29. The van der Waals surface area contributed by atoms with E-state index in [1.807, 2.05) is 29.2 Å². The highest BCUT2D eigenvalue weighted by atomic mass is 32.1. The first kappa shape index (κ1) is 18.0. The van der Waals surface area contributed by atoms with Crippen LogP contribution in [0, 0.1) is 0 Å². The number of urea groups is 1. The quantitative estimate of drug-likeness (QED) is 0.666. The Morgan fingerprint density at radius 3 is 2.76 bits per heavy atom. The molecule has 1 N–H and O–H groups in total. The molecule has 134 valence electrons. The number of nitrogens with one attached hydrogen (secondary N) is 1. The molecular formula is C20H26N2O2S. The minimum atomic E-state index is 0.0482.